The quantitative estimate of drug-likeness (QED) is 0.732. The lowest BCUT2D eigenvalue weighted by Gasteiger charge is -2.09. The number of hydrogen-bond acceptors (Lipinski definition) is 4. The summed E-state index contributed by atoms with van der Waals surface area (Å²) in [5.74, 6) is -0.535. The molecule has 0 radical (unpaired) electrons. The summed E-state index contributed by atoms with van der Waals surface area (Å²) in [4.78, 5) is 11.5. The van der Waals surface area contributed by atoms with Crippen LogP contribution in [0.3, 0.4) is 0 Å². The largest absolute Gasteiger partial charge is 0.506 e. The van der Waals surface area contributed by atoms with E-state index in [0.717, 1.165) is 0 Å². The van der Waals surface area contributed by atoms with Crippen molar-refractivity contribution < 1.29 is 15.0 Å². The Morgan fingerprint density at radius 2 is 2.07 bits per heavy atom. The van der Waals surface area contributed by atoms with Gasteiger partial charge in [0.05, 0.1) is 5.56 Å². The Morgan fingerprint density at radius 1 is 1.47 bits per heavy atom. The van der Waals surface area contributed by atoms with Gasteiger partial charge >= 0.3 is 0 Å². The van der Waals surface area contributed by atoms with Crippen LogP contribution in [0, 0.1) is 6.92 Å². The molecule has 1 aromatic carbocycles. The fourth-order valence-corrected chi connectivity index (χ4v) is 1.76. The second-order valence-corrected chi connectivity index (χ2v) is 4.01. The predicted octanol–water partition coefficient (Wildman–Crippen LogP) is 1.70. The maximum Gasteiger partial charge on any atom is 0.167 e. The molecule has 0 unspecified atom stereocenters. The summed E-state index contributed by atoms with van der Waals surface area (Å²) in [5.41, 5.74) is 5.97. The molecule has 0 aromatic heterocycles. The Morgan fingerprint density at radius 3 is 2.60 bits per heavy atom. The van der Waals surface area contributed by atoms with Crippen molar-refractivity contribution in [2.24, 2.45) is 5.73 Å². The molecule has 0 saturated carbocycles. The van der Waals surface area contributed by atoms with Crippen molar-refractivity contribution >= 4 is 21.7 Å². The molecule has 0 heterocycles. The van der Waals surface area contributed by atoms with E-state index in [2.05, 4.69) is 15.9 Å². The third kappa shape index (κ3) is 2.30. The Balaban J connectivity index is 3.26. The van der Waals surface area contributed by atoms with Gasteiger partial charge in [-0.1, -0.05) is 0 Å². The topological polar surface area (TPSA) is 83.6 Å². The number of aryl methyl sites for hydroxylation is 1. The first-order chi connectivity index (χ1) is 6.99. The first-order valence-electron chi connectivity index (χ1n) is 4.43. The Kier molecular flexibility index (Phi) is 3.71. The molecular weight excluding hydrogens is 262 g/mol. The van der Waals surface area contributed by atoms with E-state index in [1.807, 2.05) is 0 Å². The maximum atomic E-state index is 11.5. The van der Waals surface area contributed by atoms with Crippen LogP contribution in [0.1, 0.15) is 22.3 Å². The van der Waals surface area contributed by atoms with Crippen LogP contribution in [0.4, 0.5) is 0 Å². The number of carbonyl (C=O) groups excluding carboxylic acids is 1. The molecule has 15 heavy (non-hydrogen) atoms. The van der Waals surface area contributed by atoms with Gasteiger partial charge in [0.25, 0.3) is 0 Å². The van der Waals surface area contributed by atoms with Crippen LogP contribution in [0.25, 0.3) is 0 Å². The van der Waals surface area contributed by atoms with Gasteiger partial charge in [0, 0.05) is 6.42 Å². The number of hydrogen-bond donors (Lipinski definition) is 3. The Labute approximate surface area is 95.8 Å². The number of phenols is 2. The molecule has 0 spiro atoms. The van der Waals surface area contributed by atoms with E-state index in [0.29, 0.717) is 5.56 Å². The summed E-state index contributed by atoms with van der Waals surface area (Å²) in [6.45, 7) is 1.88. The predicted molar refractivity (Wildman–Crippen MR) is 60.2 cm³/mol. The number of nitrogens with two attached hydrogens (primary N) is 1. The second kappa shape index (κ2) is 4.63. The van der Waals surface area contributed by atoms with Crippen molar-refractivity contribution in [2.45, 2.75) is 13.3 Å². The maximum absolute atomic E-state index is 11.5. The standard InChI is InChI=1S/C10H12BrNO3/c1-5-4-6(7(13)2-3-12)10(15)8(11)9(5)14/h4,14-15H,2-3,12H2,1H3. The van der Waals surface area contributed by atoms with Gasteiger partial charge in [0.1, 0.15) is 16.0 Å². The number of aromatic hydroxyl groups is 2. The summed E-state index contributed by atoms with van der Waals surface area (Å²) in [6, 6.07) is 1.45. The number of phenolic OH excluding ortho intramolecular Hbond substituents is 2. The fraction of sp³-hybridized carbons (Fsp3) is 0.300. The lowest BCUT2D eigenvalue weighted by Crippen LogP contribution is -2.08. The summed E-state index contributed by atoms with van der Waals surface area (Å²) in [5, 5.41) is 19.1. The molecule has 5 heteroatoms. The van der Waals surface area contributed by atoms with E-state index in [1.165, 1.54) is 6.07 Å². The van der Waals surface area contributed by atoms with E-state index >= 15 is 0 Å². The van der Waals surface area contributed by atoms with Gasteiger partial charge in [-0.15, -0.1) is 0 Å². The average Bonchev–Trinajstić information content (AvgIpc) is 2.20. The average molecular weight is 274 g/mol. The number of Topliss-reactive ketones (excluding diaryl/α,β-unsaturated/α-hetero) is 1. The number of carbonyl (C=O) groups is 1. The van der Waals surface area contributed by atoms with Crippen molar-refractivity contribution in [3.05, 3.63) is 21.7 Å². The molecular formula is C10H12BrNO3. The highest BCUT2D eigenvalue weighted by Gasteiger charge is 2.17. The first kappa shape index (κ1) is 12.0. The zero-order valence-electron chi connectivity index (χ0n) is 8.25. The molecule has 0 bridgehead atoms. The van der Waals surface area contributed by atoms with Crippen molar-refractivity contribution in [1.82, 2.24) is 0 Å². The second-order valence-electron chi connectivity index (χ2n) is 3.21. The van der Waals surface area contributed by atoms with E-state index in [9.17, 15) is 15.0 Å². The molecule has 1 aromatic rings. The zero-order chi connectivity index (χ0) is 11.6. The van der Waals surface area contributed by atoms with Crippen LogP contribution in [0.15, 0.2) is 10.5 Å². The molecule has 0 amide bonds. The summed E-state index contributed by atoms with van der Waals surface area (Å²) >= 11 is 3.02. The smallest absolute Gasteiger partial charge is 0.167 e. The Hall–Kier alpha value is -1.07. The van der Waals surface area contributed by atoms with Gasteiger partial charge < -0.3 is 15.9 Å². The van der Waals surface area contributed by atoms with Crippen LogP contribution >= 0.6 is 15.9 Å². The van der Waals surface area contributed by atoms with Crippen LogP contribution < -0.4 is 5.73 Å². The van der Waals surface area contributed by atoms with Crippen molar-refractivity contribution in [2.75, 3.05) is 6.54 Å². The minimum atomic E-state index is -0.239. The summed E-state index contributed by atoms with van der Waals surface area (Å²) < 4.78 is 0.142. The lowest BCUT2D eigenvalue weighted by molar-refractivity contribution is 0.0982. The van der Waals surface area contributed by atoms with E-state index in [4.69, 9.17) is 5.73 Å². The molecule has 0 aliphatic carbocycles. The fourth-order valence-electron chi connectivity index (χ4n) is 1.24. The highest BCUT2D eigenvalue weighted by molar-refractivity contribution is 9.10. The number of benzene rings is 1. The van der Waals surface area contributed by atoms with Gasteiger partial charge in [-0.05, 0) is 41.0 Å². The molecule has 0 atom stereocenters. The van der Waals surface area contributed by atoms with Gasteiger partial charge in [-0.2, -0.15) is 0 Å². The molecule has 4 N–H and O–H groups in total. The molecule has 0 saturated heterocycles. The van der Waals surface area contributed by atoms with Crippen LogP contribution in [0.5, 0.6) is 11.5 Å². The van der Waals surface area contributed by atoms with Gasteiger partial charge in [-0.3, -0.25) is 4.79 Å². The molecule has 1 rings (SSSR count). The lowest BCUT2D eigenvalue weighted by atomic mass is 10.0. The zero-order valence-corrected chi connectivity index (χ0v) is 9.84. The van der Waals surface area contributed by atoms with Crippen LogP contribution in [-0.2, 0) is 0 Å². The van der Waals surface area contributed by atoms with Gasteiger partial charge in [0.2, 0.25) is 0 Å². The van der Waals surface area contributed by atoms with E-state index in [-0.39, 0.29) is 40.3 Å². The SMILES string of the molecule is Cc1cc(C(=O)CCN)c(O)c(Br)c1O. The third-order valence-corrected chi connectivity index (χ3v) is 2.83. The van der Waals surface area contributed by atoms with E-state index < -0.39 is 0 Å². The monoisotopic (exact) mass is 273 g/mol. The Bertz CT molecular complexity index is 404. The summed E-state index contributed by atoms with van der Waals surface area (Å²) in [6.07, 6.45) is 0.171. The minimum Gasteiger partial charge on any atom is -0.506 e. The molecule has 0 fully saturated rings. The molecule has 0 aliphatic heterocycles. The van der Waals surface area contributed by atoms with Crippen molar-refractivity contribution in [3.63, 3.8) is 0 Å². The van der Waals surface area contributed by atoms with Gasteiger partial charge in [-0.25, -0.2) is 0 Å². The summed E-state index contributed by atoms with van der Waals surface area (Å²) in [7, 11) is 0. The highest BCUT2D eigenvalue weighted by atomic mass is 79.9. The van der Waals surface area contributed by atoms with E-state index in [1.54, 1.807) is 6.92 Å². The molecule has 0 aliphatic rings. The van der Waals surface area contributed by atoms with Crippen molar-refractivity contribution in [1.29, 1.82) is 0 Å². The third-order valence-electron chi connectivity index (χ3n) is 2.08. The van der Waals surface area contributed by atoms with Gasteiger partial charge in [0.15, 0.2) is 5.78 Å². The molecule has 4 nitrogen and oxygen atoms in total. The minimum absolute atomic E-state index is 0.0585. The number of ketones is 1. The molecule has 82 valence electrons. The number of rotatable bonds is 3. The highest BCUT2D eigenvalue weighted by Crippen LogP contribution is 2.38. The van der Waals surface area contributed by atoms with Crippen LogP contribution in [0.2, 0.25) is 0 Å². The first-order valence-corrected chi connectivity index (χ1v) is 5.22. The normalized spacial score (nSPS) is 10.3. The van der Waals surface area contributed by atoms with Crippen LogP contribution in [-0.4, -0.2) is 22.5 Å². The number of halogens is 1. The van der Waals surface area contributed by atoms with Crippen molar-refractivity contribution in [3.8, 4) is 11.5 Å².